The molecule has 20 heavy (non-hydrogen) atoms. The Kier molecular flexibility index (Phi) is 3.96. The summed E-state index contributed by atoms with van der Waals surface area (Å²) in [5.74, 6) is 1.29. The van der Waals surface area contributed by atoms with Crippen molar-refractivity contribution in [1.29, 1.82) is 5.26 Å². The van der Waals surface area contributed by atoms with Crippen LogP contribution in [0.4, 0.5) is 11.4 Å². The number of nitriles is 1. The maximum atomic E-state index is 10.8. The second-order valence-electron chi connectivity index (χ2n) is 4.03. The Hall–Kier alpha value is -2.88. The van der Waals surface area contributed by atoms with Crippen molar-refractivity contribution in [1.82, 2.24) is 4.98 Å². The lowest BCUT2D eigenvalue weighted by Crippen LogP contribution is -2.01. The number of anilines is 1. The van der Waals surface area contributed by atoms with E-state index in [4.69, 9.17) is 9.68 Å². The van der Waals surface area contributed by atoms with Gasteiger partial charge in [0.25, 0.3) is 5.69 Å². The number of aromatic nitrogens is 1. The number of benzene rings is 1. The Morgan fingerprint density at radius 3 is 2.95 bits per heavy atom. The summed E-state index contributed by atoms with van der Waals surface area (Å²) in [4.78, 5) is 14.3. The number of rotatable bonds is 5. The highest BCUT2D eigenvalue weighted by molar-refractivity contribution is 5.59. The highest BCUT2D eigenvalue weighted by atomic mass is 16.6. The number of oxazole rings is 1. The van der Waals surface area contributed by atoms with Gasteiger partial charge in [0, 0.05) is 18.2 Å². The zero-order valence-corrected chi connectivity index (χ0v) is 10.8. The van der Waals surface area contributed by atoms with Gasteiger partial charge in [-0.3, -0.25) is 10.1 Å². The van der Waals surface area contributed by atoms with E-state index in [0.717, 1.165) is 12.2 Å². The molecule has 0 aliphatic rings. The standard InChI is InChI=1S/C13H12N4O3/c1-2-11-7-16-13(20-11)8-15-10-4-3-9(6-14)12(5-10)17(18)19/h3-5,7,15H,2,8H2,1H3. The molecule has 0 aliphatic heterocycles. The van der Waals surface area contributed by atoms with Gasteiger partial charge in [-0.2, -0.15) is 5.26 Å². The minimum Gasteiger partial charge on any atom is -0.444 e. The van der Waals surface area contributed by atoms with Crippen LogP contribution in [0.1, 0.15) is 24.1 Å². The average molecular weight is 272 g/mol. The van der Waals surface area contributed by atoms with Gasteiger partial charge in [0.05, 0.1) is 17.7 Å². The molecule has 0 unspecified atom stereocenters. The molecule has 2 aromatic rings. The number of hydrogen-bond donors (Lipinski definition) is 1. The van der Waals surface area contributed by atoms with Gasteiger partial charge < -0.3 is 9.73 Å². The van der Waals surface area contributed by atoms with E-state index in [2.05, 4.69) is 10.3 Å². The molecule has 2 rings (SSSR count). The maximum Gasteiger partial charge on any atom is 0.289 e. The van der Waals surface area contributed by atoms with E-state index in [1.165, 1.54) is 12.1 Å². The van der Waals surface area contributed by atoms with E-state index in [-0.39, 0.29) is 11.3 Å². The van der Waals surface area contributed by atoms with Gasteiger partial charge in [-0.1, -0.05) is 6.92 Å². The number of aryl methyl sites for hydroxylation is 1. The van der Waals surface area contributed by atoms with Gasteiger partial charge in [-0.25, -0.2) is 4.98 Å². The van der Waals surface area contributed by atoms with Gasteiger partial charge in [-0.05, 0) is 12.1 Å². The normalized spacial score (nSPS) is 10.0. The van der Waals surface area contributed by atoms with Crippen LogP contribution in [0, 0.1) is 21.4 Å². The fourth-order valence-electron chi connectivity index (χ4n) is 1.66. The van der Waals surface area contributed by atoms with E-state index in [9.17, 15) is 10.1 Å². The minimum atomic E-state index is -0.579. The molecule has 7 heteroatoms. The largest absolute Gasteiger partial charge is 0.444 e. The van der Waals surface area contributed by atoms with Crippen LogP contribution < -0.4 is 5.32 Å². The van der Waals surface area contributed by atoms with Gasteiger partial charge in [0.2, 0.25) is 5.89 Å². The Bertz CT molecular complexity index is 672. The summed E-state index contributed by atoms with van der Waals surface area (Å²) >= 11 is 0. The molecule has 0 saturated heterocycles. The summed E-state index contributed by atoms with van der Waals surface area (Å²) in [7, 11) is 0. The molecule has 1 aromatic carbocycles. The van der Waals surface area contributed by atoms with Crippen LogP contribution in [0.25, 0.3) is 0 Å². The molecule has 0 bridgehead atoms. The zero-order valence-electron chi connectivity index (χ0n) is 10.8. The second kappa shape index (κ2) is 5.84. The fraction of sp³-hybridized carbons (Fsp3) is 0.231. The summed E-state index contributed by atoms with van der Waals surface area (Å²) in [5.41, 5.74) is 0.344. The van der Waals surface area contributed by atoms with E-state index in [0.29, 0.717) is 18.1 Å². The number of nitro groups is 1. The molecule has 0 amide bonds. The number of hydrogen-bond acceptors (Lipinski definition) is 6. The Morgan fingerprint density at radius 2 is 2.35 bits per heavy atom. The first-order valence-corrected chi connectivity index (χ1v) is 6.00. The molecule has 0 aliphatic carbocycles. The summed E-state index contributed by atoms with van der Waals surface area (Å²) in [6, 6.07) is 6.13. The molecule has 0 atom stereocenters. The lowest BCUT2D eigenvalue weighted by atomic mass is 10.2. The first-order chi connectivity index (χ1) is 9.63. The van der Waals surface area contributed by atoms with Gasteiger partial charge in [0.15, 0.2) is 0 Å². The lowest BCUT2D eigenvalue weighted by molar-refractivity contribution is -0.385. The van der Waals surface area contributed by atoms with Gasteiger partial charge in [0.1, 0.15) is 17.4 Å². The third kappa shape index (κ3) is 2.92. The number of nitrogens with one attached hydrogen (secondary N) is 1. The summed E-state index contributed by atoms with van der Waals surface area (Å²) in [6.45, 7) is 2.28. The molecule has 1 heterocycles. The van der Waals surface area contributed by atoms with Crippen LogP contribution in [-0.2, 0) is 13.0 Å². The maximum absolute atomic E-state index is 10.8. The van der Waals surface area contributed by atoms with Crippen molar-refractivity contribution in [3.05, 3.63) is 51.7 Å². The quantitative estimate of drug-likeness (QED) is 0.662. The number of nitrogens with zero attached hydrogens (tertiary/aromatic N) is 3. The third-order valence-corrected chi connectivity index (χ3v) is 2.71. The molecular weight excluding hydrogens is 260 g/mol. The van der Waals surface area contributed by atoms with E-state index in [1.807, 2.05) is 6.92 Å². The first-order valence-electron chi connectivity index (χ1n) is 6.00. The average Bonchev–Trinajstić information content (AvgIpc) is 2.92. The fourth-order valence-corrected chi connectivity index (χ4v) is 1.66. The highest BCUT2D eigenvalue weighted by Gasteiger charge is 2.14. The highest BCUT2D eigenvalue weighted by Crippen LogP contribution is 2.22. The van der Waals surface area contributed by atoms with Gasteiger partial charge >= 0.3 is 0 Å². The van der Waals surface area contributed by atoms with Gasteiger partial charge in [-0.15, -0.1) is 0 Å². The zero-order chi connectivity index (χ0) is 14.5. The predicted octanol–water partition coefficient (Wildman–Crippen LogP) is 2.63. The van der Waals surface area contributed by atoms with Crippen molar-refractivity contribution in [2.75, 3.05) is 5.32 Å². The lowest BCUT2D eigenvalue weighted by Gasteiger charge is -2.04. The molecule has 102 valence electrons. The molecule has 0 radical (unpaired) electrons. The van der Waals surface area contributed by atoms with Crippen molar-refractivity contribution in [2.24, 2.45) is 0 Å². The Morgan fingerprint density at radius 1 is 1.55 bits per heavy atom. The van der Waals surface area contributed by atoms with Crippen molar-refractivity contribution in [3.63, 3.8) is 0 Å². The molecule has 1 N–H and O–H groups in total. The second-order valence-corrected chi connectivity index (χ2v) is 4.03. The molecule has 1 aromatic heterocycles. The third-order valence-electron chi connectivity index (χ3n) is 2.71. The molecule has 7 nitrogen and oxygen atoms in total. The van der Waals surface area contributed by atoms with Crippen molar-refractivity contribution >= 4 is 11.4 Å². The van der Waals surface area contributed by atoms with Crippen LogP contribution >= 0.6 is 0 Å². The molecule has 0 saturated carbocycles. The predicted molar refractivity (Wildman–Crippen MR) is 71.0 cm³/mol. The molecule has 0 spiro atoms. The van der Waals surface area contributed by atoms with E-state index >= 15 is 0 Å². The Balaban J connectivity index is 2.12. The van der Waals surface area contributed by atoms with Crippen molar-refractivity contribution in [3.8, 4) is 6.07 Å². The summed E-state index contributed by atoms with van der Waals surface area (Å²) in [5, 5.41) is 22.6. The monoisotopic (exact) mass is 272 g/mol. The van der Waals surface area contributed by atoms with E-state index < -0.39 is 4.92 Å². The van der Waals surface area contributed by atoms with E-state index in [1.54, 1.807) is 18.3 Å². The SMILES string of the molecule is CCc1cnc(CNc2ccc(C#N)c([N+](=O)[O-])c2)o1. The molecule has 0 fully saturated rings. The topological polar surface area (TPSA) is 105 Å². The molecular formula is C13H12N4O3. The van der Waals surface area contributed by atoms with Crippen molar-refractivity contribution < 1.29 is 9.34 Å². The van der Waals surface area contributed by atoms with Crippen LogP contribution in [0.2, 0.25) is 0 Å². The van der Waals surface area contributed by atoms with Crippen molar-refractivity contribution in [2.45, 2.75) is 19.9 Å². The summed E-state index contributed by atoms with van der Waals surface area (Å²) < 4.78 is 5.42. The Labute approximate surface area is 115 Å². The van der Waals surface area contributed by atoms with Crippen LogP contribution in [-0.4, -0.2) is 9.91 Å². The minimum absolute atomic E-state index is 0.0324. The summed E-state index contributed by atoms with van der Waals surface area (Å²) in [6.07, 6.45) is 2.41. The van der Waals surface area contributed by atoms with Crippen LogP contribution in [0.15, 0.2) is 28.8 Å². The van der Waals surface area contributed by atoms with Crippen LogP contribution in [0.3, 0.4) is 0 Å². The van der Waals surface area contributed by atoms with Crippen LogP contribution in [0.5, 0.6) is 0 Å². The first kappa shape index (κ1) is 13.5. The number of nitro benzene ring substituents is 1. The smallest absolute Gasteiger partial charge is 0.289 e.